The number of halogens is 4. The maximum absolute atomic E-state index is 13.6. The quantitative estimate of drug-likeness (QED) is 0.238. The second kappa shape index (κ2) is 12.7. The number of hydrogen-bond acceptors (Lipinski definition) is 7. The predicted octanol–water partition coefficient (Wildman–Crippen LogP) is 6.52. The number of rotatable bonds is 6. The van der Waals surface area contributed by atoms with Gasteiger partial charge >= 0.3 is 6.18 Å². The van der Waals surface area contributed by atoms with Gasteiger partial charge in [0, 0.05) is 78.1 Å². The lowest BCUT2D eigenvalue weighted by molar-refractivity contribution is -0.137. The first kappa shape index (κ1) is 31.5. The van der Waals surface area contributed by atoms with Crippen LogP contribution in [0.4, 0.5) is 41.9 Å². The van der Waals surface area contributed by atoms with Gasteiger partial charge in [-0.05, 0) is 74.1 Å². The summed E-state index contributed by atoms with van der Waals surface area (Å²) in [4.78, 5) is 41.8. The smallest absolute Gasteiger partial charge is 0.369 e. The minimum absolute atomic E-state index is 0.134. The van der Waals surface area contributed by atoms with Gasteiger partial charge in [-0.3, -0.25) is 9.59 Å². The molecule has 238 valence electrons. The number of alkyl halides is 3. The number of piperazine rings is 1. The lowest BCUT2D eigenvalue weighted by atomic mass is 10.0. The van der Waals surface area contributed by atoms with E-state index in [2.05, 4.69) is 65.5 Å². The number of aromatic nitrogens is 2. The van der Waals surface area contributed by atoms with Crippen LogP contribution in [-0.4, -0.2) is 66.5 Å². The summed E-state index contributed by atoms with van der Waals surface area (Å²) in [6.07, 6.45) is -2.60. The lowest BCUT2D eigenvalue weighted by Crippen LogP contribution is -2.44. The Morgan fingerprint density at radius 3 is 2.37 bits per heavy atom. The molecule has 2 amide bonds. The molecule has 0 aliphatic carbocycles. The van der Waals surface area contributed by atoms with E-state index in [0.717, 1.165) is 49.6 Å². The van der Waals surface area contributed by atoms with Gasteiger partial charge in [-0.1, -0.05) is 22.0 Å². The van der Waals surface area contributed by atoms with E-state index in [9.17, 15) is 22.8 Å². The summed E-state index contributed by atoms with van der Waals surface area (Å²) in [6, 6.07) is 16.2. The zero-order chi connectivity index (χ0) is 32.6. The SMILES string of the molecule is Cc1ccc(NC(=O)c2cc(Br)cc(C(F)(F)F)c2)cc1N1CCc2nc(Nc3ccc(N4CCN(C)CC4)cc3)ncc2C1=O. The zero-order valence-corrected chi connectivity index (χ0v) is 26.7. The van der Waals surface area contributed by atoms with Crippen molar-refractivity contribution >= 4 is 56.4 Å². The van der Waals surface area contributed by atoms with Crippen molar-refractivity contribution in [3.8, 4) is 0 Å². The highest BCUT2D eigenvalue weighted by Gasteiger charge is 2.32. The first-order valence-corrected chi connectivity index (χ1v) is 15.5. The van der Waals surface area contributed by atoms with Crippen LogP contribution in [0.5, 0.6) is 0 Å². The number of fused-ring (bicyclic) bond motifs is 1. The first-order chi connectivity index (χ1) is 21.9. The number of amides is 2. The minimum atomic E-state index is -4.60. The summed E-state index contributed by atoms with van der Waals surface area (Å²) in [6.45, 7) is 6.22. The molecule has 2 aliphatic heterocycles. The summed E-state index contributed by atoms with van der Waals surface area (Å²) in [5, 5.41) is 5.89. The summed E-state index contributed by atoms with van der Waals surface area (Å²) >= 11 is 3.05. The van der Waals surface area contributed by atoms with Crippen molar-refractivity contribution in [2.45, 2.75) is 19.5 Å². The number of carbonyl (C=O) groups is 2. The Morgan fingerprint density at radius 2 is 1.65 bits per heavy atom. The molecule has 0 saturated carbocycles. The number of hydrogen-bond donors (Lipinski definition) is 2. The van der Waals surface area contributed by atoms with Crippen LogP contribution in [0.2, 0.25) is 0 Å². The molecule has 2 aliphatic rings. The van der Waals surface area contributed by atoms with Crippen LogP contribution in [-0.2, 0) is 12.6 Å². The Hall–Kier alpha value is -4.49. The van der Waals surface area contributed by atoms with Crippen LogP contribution < -0.4 is 20.4 Å². The van der Waals surface area contributed by atoms with Crippen molar-refractivity contribution in [2.75, 3.05) is 60.2 Å². The van der Waals surface area contributed by atoms with E-state index in [1.54, 1.807) is 23.1 Å². The molecule has 0 unspecified atom stereocenters. The van der Waals surface area contributed by atoms with E-state index < -0.39 is 17.6 Å². The van der Waals surface area contributed by atoms with Gasteiger partial charge in [0.05, 0.1) is 16.8 Å². The Morgan fingerprint density at radius 1 is 0.935 bits per heavy atom. The molecule has 4 aromatic rings. The molecule has 9 nitrogen and oxygen atoms in total. The molecule has 3 heterocycles. The van der Waals surface area contributed by atoms with Gasteiger partial charge in [-0.25, -0.2) is 9.97 Å². The molecule has 1 saturated heterocycles. The van der Waals surface area contributed by atoms with Crippen LogP contribution in [0.1, 0.15) is 37.5 Å². The molecule has 0 spiro atoms. The van der Waals surface area contributed by atoms with E-state index in [1.807, 2.05) is 19.1 Å². The van der Waals surface area contributed by atoms with E-state index in [1.165, 1.54) is 18.0 Å². The highest BCUT2D eigenvalue weighted by molar-refractivity contribution is 9.10. The number of benzene rings is 3. The molecule has 13 heteroatoms. The summed E-state index contributed by atoms with van der Waals surface area (Å²) < 4.78 is 40.0. The Balaban J connectivity index is 1.15. The van der Waals surface area contributed by atoms with Gasteiger partial charge in [-0.2, -0.15) is 13.2 Å². The molecule has 1 aromatic heterocycles. The fourth-order valence-corrected chi connectivity index (χ4v) is 6.05. The third kappa shape index (κ3) is 6.85. The Kier molecular flexibility index (Phi) is 8.71. The molecule has 2 N–H and O–H groups in total. The second-order valence-corrected chi connectivity index (χ2v) is 12.3. The predicted molar refractivity (Wildman–Crippen MR) is 175 cm³/mol. The van der Waals surface area contributed by atoms with E-state index in [4.69, 9.17) is 0 Å². The van der Waals surface area contributed by atoms with Crippen molar-refractivity contribution in [1.29, 1.82) is 0 Å². The number of likely N-dealkylation sites (N-methyl/N-ethyl adjacent to an activating group) is 1. The van der Waals surface area contributed by atoms with Gasteiger partial charge in [0.25, 0.3) is 11.8 Å². The van der Waals surface area contributed by atoms with E-state index >= 15 is 0 Å². The molecular weight excluding hydrogens is 663 g/mol. The summed E-state index contributed by atoms with van der Waals surface area (Å²) in [5.41, 5.74) is 3.62. The third-order valence-electron chi connectivity index (χ3n) is 8.15. The number of nitrogens with one attached hydrogen (secondary N) is 2. The summed E-state index contributed by atoms with van der Waals surface area (Å²) in [5.74, 6) is -0.591. The second-order valence-electron chi connectivity index (χ2n) is 11.4. The molecule has 0 bridgehead atoms. The monoisotopic (exact) mass is 693 g/mol. The molecular formula is C33H31BrF3N7O2. The lowest BCUT2D eigenvalue weighted by Gasteiger charge is -2.34. The van der Waals surface area contributed by atoms with Crippen LogP contribution in [0.15, 0.2) is 71.3 Å². The molecule has 0 radical (unpaired) electrons. The largest absolute Gasteiger partial charge is 0.416 e. The average Bonchev–Trinajstić information content (AvgIpc) is 3.02. The molecule has 1 fully saturated rings. The van der Waals surface area contributed by atoms with Gasteiger partial charge in [-0.15, -0.1) is 0 Å². The van der Waals surface area contributed by atoms with Crippen LogP contribution >= 0.6 is 15.9 Å². The maximum atomic E-state index is 13.6. The number of carbonyl (C=O) groups excluding carboxylic acids is 2. The van der Waals surface area contributed by atoms with Crippen molar-refractivity contribution in [2.24, 2.45) is 0 Å². The van der Waals surface area contributed by atoms with Gasteiger partial charge in [0.2, 0.25) is 5.95 Å². The molecule has 0 atom stereocenters. The minimum Gasteiger partial charge on any atom is -0.369 e. The Bertz CT molecular complexity index is 1790. The first-order valence-electron chi connectivity index (χ1n) is 14.7. The fourth-order valence-electron chi connectivity index (χ4n) is 5.56. The number of anilines is 5. The van der Waals surface area contributed by atoms with Gasteiger partial charge in [0.1, 0.15) is 0 Å². The number of nitrogens with zero attached hydrogens (tertiary/aromatic N) is 5. The van der Waals surface area contributed by atoms with Gasteiger partial charge in [0.15, 0.2) is 0 Å². The fraction of sp³-hybridized carbons (Fsp3) is 0.273. The van der Waals surface area contributed by atoms with Crippen molar-refractivity contribution < 1.29 is 22.8 Å². The Labute approximate surface area is 272 Å². The number of aryl methyl sites for hydroxylation is 1. The normalized spacial score (nSPS) is 15.5. The van der Waals surface area contributed by atoms with Crippen molar-refractivity contribution in [3.05, 3.63) is 99.3 Å². The maximum Gasteiger partial charge on any atom is 0.416 e. The zero-order valence-electron chi connectivity index (χ0n) is 25.2. The highest BCUT2D eigenvalue weighted by atomic mass is 79.9. The van der Waals surface area contributed by atoms with Gasteiger partial charge < -0.3 is 25.3 Å². The van der Waals surface area contributed by atoms with Crippen LogP contribution in [0, 0.1) is 6.92 Å². The van der Waals surface area contributed by atoms with Crippen LogP contribution in [0.3, 0.4) is 0 Å². The topological polar surface area (TPSA) is 93.7 Å². The van der Waals surface area contributed by atoms with E-state index in [-0.39, 0.29) is 15.9 Å². The average molecular weight is 695 g/mol. The standard InChI is InChI=1S/C33H31BrF3N7O2/c1-20-3-4-25(39-30(45)21-15-22(33(35,36)37)17-23(34)16-21)18-29(20)44-10-9-28-27(31(44)46)19-38-32(41-28)40-24-5-7-26(8-6-24)43-13-11-42(2)12-14-43/h3-8,15-19H,9-14H2,1-2H3,(H,39,45)(H,38,40,41). The molecule has 46 heavy (non-hydrogen) atoms. The summed E-state index contributed by atoms with van der Waals surface area (Å²) in [7, 11) is 2.13. The van der Waals surface area contributed by atoms with Crippen molar-refractivity contribution in [1.82, 2.24) is 14.9 Å². The molecule has 6 rings (SSSR count). The third-order valence-corrected chi connectivity index (χ3v) is 8.61. The highest BCUT2D eigenvalue weighted by Crippen LogP contribution is 2.33. The molecule has 3 aromatic carbocycles. The van der Waals surface area contributed by atoms with Crippen molar-refractivity contribution in [3.63, 3.8) is 0 Å². The van der Waals surface area contributed by atoms with Crippen LogP contribution in [0.25, 0.3) is 0 Å². The van der Waals surface area contributed by atoms with E-state index in [0.29, 0.717) is 41.5 Å².